The third-order valence-corrected chi connectivity index (χ3v) is 1.41. The Morgan fingerprint density at radius 3 is 2.77 bits per heavy atom. The number of rotatable bonds is 0. The normalized spacial score (nSPS) is 9.08. The van der Waals surface area contributed by atoms with Gasteiger partial charge in [0.05, 0.1) is 11.7 Å². The van der Waals surface area contributed by atoms with Gasteiger partial charge in [-0.25, -0.2) is 9.97 Å². The van der Waals surface area contributed by atoms with Gasteiger partial charge in [-0.1, -0.05) is 13.8 Å². The maximum absolute atomic E-state index is 11.0. The predicted octanol–water partition coefficient (Wildman–Crippen LogP) is 1.34. The molecule has 0 saturated carbocycles. The van der Waals surface area contributed by atoms with Crippen molar-refractivity contribution in [2.75, 3.05) is 0 Å². The smallest absolute Gasteiger partial charge is 0.260 e. The summed E-state index contributed by atoms with van der Waals surface area (Å²) < 4.78 is 0. The molecule has 0 atom stereocenters. The van der Waals surface area contributed by atoms with Crippen molar-refractivity contribution in [2.45, 2.75) is 13.8 Å². The molecule has 0 aliphatic heterocycles. The van der Waals surface area contributed by atoms with Crippen molar-refractivity contribution in [3.63, 3.8) is 0 Å². The summed E-state index contributed by atoms with van der Waals surface area (Å²) in [7, 11) is 0. The third-order valence-electron chi connectivity index (χ3n) is 1.41. The van der Waals surface area contributed by atoms with Gasteiger partial charge in [0, 0.05) is 6.20 Å². The Balaban J connectivity index is 0.000000396. The molecule has 0 radical (unpaired) electrons. The van der Waals surface area contributed by atoms with Gasteiger partial charge in [-0.3, -0.25) is 4.79 Å². The van der Waals surface area contributed by atoms with Crippen LogP contribution in [0.3, 0.4) is 0 Å². The minimum atomic E-state index is -0.150. The molecule has 68 valence electrons. The molecule has 1 N–H and O–H groups in total. The van der Waals surface area contributed by atoms with Crippen LogP contribution >= 0.6 is 0 Å². The van der Waals surface area contributed by atoms with Crippen molar-refractivity contribution in [3.05, 3.63) is 35.0 Å². The number of nitrogens with zero attached hydrogens (tertiary/aromatic N) is 2. The highest BCUT2D eigenvalue weighted by atomic mass is 16.1. The zero-order chi connectivity index (χ0) is 9.68. The van der Waals surface area contributed by atoms with Gasteiger partial charge in [-0.05, 0) is 12.1 Å². The van der Waals surface area contributed by atoms with E-state index in [4.69, 9.17) is 0 Å². The van der Waals surface area contributed by atoms with Crippen molar-refractivity contribution in [3.8, 4) is 0 Å². The number of hydrogen-bond donors (Lipinski definition) is 1. The lowest BCUT2D eigenvalue weighted by molar-refractivity contribution is 1.14. The molecule has 4 heteroatoms. The van der Waals surface area contributed by atoms with Crippen LogP contribution in [0.1, 0.15) is 13.8 Å². The summed E-state index contributed by atoms with van der Waals surface area (Å²) in [6.07, 6.45) is 2.95. The van der Waals surface area contributed by atoms with Gasteiger partial charge in [-0.2, -0.15) is 0 Å². The van der Waals surface area contributed by atoms with Crippen molar-refractivity contribution in [1.82, 2.24) is 15.0 Å². The van der Waals surface area contributed by atoms with Crippen LogP contribution in [-0.4, -0.2) is 15.0 Å². The lowest BCUT2D eigenvalue weighted by atomic mass is 10.3. The highest BCUT2D eigenvalue weighted by Gasteiger charge is 1.95. The predicted molar refractivity (Wildman–Crippen MR) is 51.5 cm³/mol. The van der Waals surface area contributed by atoms with E-state index in [1.54, 1.807) is 18.3 Å². The molecule has 0 saturated heterocycles. The summed E-state index contributed by atoms with van der Waals surface area (Å²) in [4.78, 5) is 21.3. The molecule has 0 fully saturated rings. The fourth-order valence-corrected chi connectivity index (χ4v) is 0.907. The molecule has 4 nitrogen and oxygen atoms in total. The van der Waals surface area contributed by atoms with Gasteiger partial charge >= 0.3 is 0 Å². The van der Waals surface area contributed by atoms with E-state index in [0.717, 1.165) is 0 Å². The van der Waals surface area contributed by atoms with Gasteiger partial charge in [-0.15, -0.1) is 0 Å². The molecule has 2 heterocycles. The summed E-state index contributed by atoms with van der Waals surface area (Å²) in [5.74, 6) is 0. The molecule has 13 heavy (non-hydrogen) atoms. The van der Waals surface area contributed by atoms with Gasteiger partial charge in [0.15, 0.2) is 5.65 Å². The van der Waals surface area contributed by atoms with Gasteiger partial charge in [0.2, 0.25) is 0 Å². The Labute approximate surface area is 75.7 Å². The van der Waals surface area contributed by atoms with Crippen LogP contribution in [0.2, 0.25) is 0 Å². The van der Waals surface area contributed by atoms with E-state index in [2.05, 4.69) is 15.0 Å². The van der Waals surface area contributed by atoms with E-state index in [-0.39, 0.29) is 5.56 Å². The molecule has 0 bridgehead atoms. The van der Waals surface area contributed by atoms with E-state index >= 15 is 0 Å². The average molecular weight is 177 g/mol. The largest absolute Gasteiger partial charge is 0.313 e. The van der Waals surface area contributed by atoms with Crippen molar-refractivity contribution >= 4 is 11.0 Å². The molecule has 0 unspecified atom stereocenters. The fourth-order valence-electron chi connectivity index (χ4n) is 0.907. The van der Waals surface area contributed by atoms with Crippen molar-refractivity contribution in [1.29, 1.82) is 0 Å². The monoisotopic (exact) mass is 177 g/mol. The summed E-state index contributed by atoms with van der Waals surface area (Å²) >= 11 is 0. The fraction of sp³-hybridized carbons (Fsp3) is 0.222. The SMILES string of the molecule is CC.O=c1[nH]cnc2ncccc12. The zero-order valence-corrected chi connectivity index (χ0v) is 7.61. The summed E-state index contributed by atoms with van der Waals surface area (Å²) in [6.45, 7) is 4.00. The Morgan fingerprint density at radius 2 is 2.08 bits per heavy atom. The average Bonchev–Trinajstić information content (AvgIpc) is 2.22. The van der Waals surface area contributed by atoms with Crippen LogP contribution in [0, 0.1) is 0 Å². The Kier molecular flexibility index (Phi) is 3.14. The number of nitrogens with one attached hydrogen (secondary N) is 1. The first-order chi connectivity index (χ1) is 6.38. The quantitative estimate of drug-likeness (QED) is 0.660. The molecule has 0 aromatic carbocycles. The lowest BCUT2D eigenvalue weighted by Gasteiger charge is -1.90. The Bertz CT molecular complexity index is 431. The molecule has 2 rings (SSSR count). The molecular formula is C9H11N3O. The van der Waals surface area contributed by atoms with Crippen molar-refractivity contribution < 1.29 is 0 Å². The molecule has 0 aliphatic rings. The second kappa shape index (κ2) is 4.35. The third kappa shape index (κ3) is 1.90. The van der Waals surface area contributed by atoms with Crippen LogP contribution < -0.4 is 5.56 Å². The Morgan fingerprint density at radius 1 is 1.31 bits per heavy atom. The molecule has 0 aliphatic carbocycles. The maximum Gasteiger partial charge on any atom is 0.260 e. The van der Waals surface area contributed by atoms with Gasteiger partial charge < -0.3 is 4.98 Å². The highest BCUT2D eigenvalue weighted by molar-refractivity contribution is 5.72. The number of fused-ring (bicyclic) bond motifs is 1. The second-order valence-electron chi connectivity index (χ2n) is 2.11. The number of H-pyrrole nitrogens is 1. The minimum absolute atomic E-state index is 0.150. The second-order valence-corrected chi connectivity index (χ2v) is 2.11. The summed E-state index contributed by atoms with van der Waals surface area (Å²) in [6, 6.07) is 3.40. The number of aromatic amines is 1. The number of aromatic nitrogens is 3. The minimum Gasteiger partial charge on any atom is -0.313 e. The molecule has 0 amide bonds. The molecular weight excluding hydrogens is 166 g/mol. The topological polar surface area (TPSA) is 58.6 Å². The highest BCUT2D eigenvalue weighted by Crippen LogP contribution is 1.97. The van der Waals surface area contributed by atoms with E-state index in [1.165, 1.54) is 6.33 Å². The zero-order valence-electron chi connectivity index (χ0n) is 7.61. The standard InChI is InChI=1S/C7H5N3O.C2H6/c11-7-5-2-1-3-8-6(5)9-4-10-7;1-2/h1-4H,(H,8,9,10,11);1-2H3. The summed E-state index contributed by atoms with van der Waals surface area (Å²) in [5.41, 5.74) is 0.333. The van der Waals surface area contributed by atoms with Gasteiger partial charge in [0.25, 0.3) is 5.56 Å². The first-order valence-corrected chi connectivity index (χ1v) is 4.16. The van der Waals surface area contributed by atoms with E-state index in [0.29, 0.717) is 11.0 Å². The first kappa shape index (κ1) is 9.38. The van der Waals surface area contributed by atoms with Crippen LogP contribution in [0.4, 0.5) is 0 Å². The van der Waals surface area contributed by atoms with Gasteiger partial charge in [0.1, 0.15) is 0 Å². The first-order valence-electron chi connectivity index (χ1n) is 4.16. The number of pyridine rings is 1. The van der Waals surface area contributed by atoms with Crippen LogP contribution in [0.15, 0.2) is 29.5 Å². The van der Waals surface area contributed by atoms with E-state index in [1.807, 2.05) is 13.8 Å². The maximum atomic E-state index is 11.0. The molecule has 2 aromatic heterocycles. The number of hydrogen-bond acceptors (Lipinski definition) is 3. The molecule has 0 spiro atoms. The van der Waals surface area contributed by atoms with E-state index in [9.17, 15) is 4.79 Å². The van der Waals surface area contributed by atoms with Crippen LogP contribution in [-0.2, 0) is 0 Å². The van der Waals surface area contributed by atoms with E-state index < -0.39 is 0 Å². The van der Waals surface area contributed by atoms with Crippen LogP contribution in [0.5, 0.6) is 0 Å². The molecule has 2 aromatic rings. The summed E-state index contributed by atoms with van der Waals surface area (Å²) in [5, 5.41) is 0.523. The lowest BCUT2D eigenvalue weighted by Crippen LogP contribution is -2.06. The van der Waals surface area contributed by atoms with Crippen molar-refractivity contribution in [2.24, 2.45) is 0 Å². The Hall–Kier alpha value is -1.71. The van der Waals surface area contributed by atoms with Crippen LogP contribution in [0.25, 0.3) is 11.0 Å².